The molecule has 0 saturated heterocycles. The highest BCUT2D eigenvalue weighted by Gasteiger charge is 2.14. The van der Waals surface area contributed by atoms with Gasteiger partial charge in [-0.05, 0) is 64.2 Å². The lowest BCUT2D eigenvalue weighted by Gasteiger charge is -2.18. The van der Waals surface area contributed by atoms with Gasteiger partial charge in [-0.15, -0.1) is 0 Å². The number of rotatable bonds is 42. The zero-order valence-corrected chi connectivity index (χ0v) is 34.0. The van der Waals surface area contributed by atoms with Crippen molar-refractivity contribution in [3.05, 3.63) is 12.2 Å². The molecule has 50 heavy (non-hydrogen) atoms. The summed E-state index contributed by atoms with van der Waals surface area (Å²) in [5.74, 6) is -0.672. The minimum Gasteiger partial charge on any atom is -0.481 e. The number of carbonyl (C=O) groups is 2. The molecule has 0 rings (SSSR count). The van der Waals surface area contributed by atoms with Crippen molar-refractivity contribution in [2.75, 3.05) is 0 Å². The van der Waals surface area contributed by atoms with Crippen molar-refractivity contribution in [3.63, 3.8) is 0 Å². The molecular formula is C46H88O4. The molecule has 1 atom stereocenters. The Labute approximate surface area is 313 Å². The van der Waals surface area contributed by atoms with Crippen molar-refractivity contribution >= 4 is 11.9 Å². The van der Waals surface area contributed by atoms with E-state index in [-0.39, 0.29) is 18.5 Å². The van der Waals surface area contributed by atoms with E-state index in [1.54, 1.807) is 0 Å². The fourth-order valence-corrected chi connectivity index (χ4v) is 7.12. The Morgan fingerprint density at radius 2 is 0.720 bits per heavy atom. The molecule has 0 fully saturated rings. The SMILES string of the molecule is CCCCCCCC/C=C\CCCCCCCCCCCC(=O)OC(CCCCCCCCCCCCCC)CCCCCCCCC(=O)O. The molecule has 1 N–H and O–H groups in total. The van der Waals surface area contributed by atoms with Crippen molar-refractivity contribution in [2.45, 2.75) is 270 Å². The van der Waals surface area contributed by atoms with E-state index in [0.717, 1.165) is 64.2 Å². The second-order valence-electron chi connectivity index (χ2n) is 15.6. The lowest BCUT2D eigenvalue weighted by atomic mass is 10.0. The summed E-state index contributed by atoms with van der Waals surface area (Å²) in [7, 11) is 0. The number of carboxylic acids is 1. The van der Waals surface area contributed by atoms with Gasteiger partial charge >= 0.3 is 11.9 Å². The van der Waals surface area contributed by atoms with Crippen LogP contribution in [0, 0.1) is 0 Å². The summed E-state index contributed by atoms with van der Waals surface area (Å²) in [5.41, 5.74) is 0. The molecule has 0 aliphatic carbocycles. The van der Waals surface area contributed by atoms with Crippen LogP contribution in [0.25, 0.3) is 0 Å². The first-order valence-corrected chi connectivity index (χ1v) is 22.7. The molecule has 0 spiro atoms. The van der Waals surface area contributed by atoms with Crippen molar-refractivity contribution in [3.8, 4) is 0 Å². The van der Waals surface area contributed by atoms with Crippen molar-refractivity contribution in [1.82, 2.24) is 0 Å². The van der Waals surface area contributed by atoms with Gasteiger partial charge in [0.2, 0.25) is 0 Å². The van der Waals surface area contributed by atoms with Gasteiger partial charge in [-0.2, -0.15) is 0 Å². The number of carboxylic acid groups (broad SMARTS) is 1. The maximum atomic E-state index is 12.7. The highest BCUT2D eigenvalue weighted by Crippen LogP contribution is 2.19. The summed E-state index contributed by atoms with van der Waals surface area (Å²) in [6.07, 6.45) is 52.5. The largest absolute Gasteiger partial charge is 0.481 e. The Hall–Kier alpha value is -1.32. The predicted octanol–water partition coefficient (Wildman–Crippen LogP) is 15.8. The molecule has 0 bridgehead atoms. The number of hydrogen-bond acceptors (Lipinski definition) is 3. The van der Waals surface area contributed by atoms with Crippen molar-refractivity contribution in [1.29, 1.82) is 0 Å². The van der Waals surface area contributed by atoms with Gasteiger partial charge in [0.25, 0.3) is 0 Å². The van der Waals surface area contributed by atoms with Crippen LogP contribution in [0.2, 0.25) is 0 Å². The molecule has 0 aromatic heterocycles. The second-order valence-corrected chi connectivity index (χ2v) is 15.6. The fourth-order valence-electron chi connectivity index (χ4n) is 7.12. The fraction of sp³-hybridized carbons (Fsp3) is 0.913. The summed E-state index contributed by atoms with van der Waals surface area (Å²) >= 11 is 0. The van der Waals surface area contributed by atoms with Crippen LogP contribution in [-0.4, -0.2) is 23.1 Å². The maximum absolute atomic E-state index is 12.7. The highest BCUT2D eigenvalue weighted by molar-refractivity contribution is 5.69. The second kappa shape index (κ2) is 42.1. The summed E-state index contributed by atoms with van der Waals surface area (Å²) in [4.78, 5) is 23.4. The number of ether oxygens (including phenoxy) is 1. The van der Waals surface area contributed by atoms with Gasteiger partial charge in [-0.3, -0.25) is 9.59 Å². The Kier molecular flexibility index (Phi) is 41.0. The van der Waals surface area contributed by atoms with Crippen LogP contribution < -0.4 is 0 Å². The molecule has 0 aliphatic rings. The molecule has 0 heterocycles. The van der Waals surface area contributed by atoms with Gasteiger partial charge in [0.05, 0.1) is 0 Å². The van der Waals surface area contributed by atoms with E-state index >= 15 is 0 Å². The number of unbranched alkanes of at least 4 members (excludes halogenated alkanes) is 31. The van der Waals surface area contributed by atoms with Gasteiger partial charge in [0, 0.05) is 12.8 Å². The Bertz CT molecular complexity index is 717. The molecule has 1 unspecified atom stereocenters. The Balaban J connectivity index is 3.96. The van der Waals surface area contributed by atoms with E-state index in [9.17, 15) is 9.59 Å². The van der Waals surface area contributed by atoms with E-state index in [2.05, 4.69) is 26.0 Å². The lowest BCUT2D eigenvalue weighted by molar-refractivity contribution is -0.150. The number of carbonyl (C=O) groups excluding carboxylic acids is 1. The molecule has 0 aliphatic heterocycles. The van der Waals surface area contributed by atoms with E-state index < -0.39 is 5.97 Å². The predicted molar refractivity (Wildman–Crippen MR) is 218 cm³/mol. The van der Waals surface area contributed by atoms with E-state index in [0.29, 0.717) is 6.42 Å². The molecule has 0 saturated carbocycles. The van der Waals surface area contributed by atoms with Gasteiger partial charge in [0.1, 0.15) is 6.10 Å². The number of allylic oxidation sites excluding steroid dienone is 2. The van der Waals surface area contributed by atoms with E-state index in [1.165, 1.54) is 173 Å². The highest BCUT2D eigenvalue weighted by atomic mass is 16.5. The molecule has 0 aromatic rings. The van der Waals surface area contributed by atoms with Gasteiger partial charge < -0.3 is 9.84 Å². The van der Waals surface area contributed by atoms with Crippen LogP contribution in [0.4, 0.5) is 0 Å². The van der Waals surface area contributed by atoms with Crippen LogP contribution in [0.3, 0.4) is 0 Å². The average molecular weight is 705 g/mol. The van der Waals surface area contributed by atoms with Crippen LogP contribution >= 0.6 is 0 Å². The maximum Gasteiger partial charge on any atom is 0.306 e. The normalized spacial score (nSPS) is 12.2. The monoisotopic (exact) mass is 705 g/mol. The number of hydrogen-bond donors (Lipinski definition) is 1. The average Bonchev–Trinajstić information content (AvgIpc) is 3.10. The summed E-state index contributed by atoms with van der Waals surface area (Å²) in [6, 6.07) is 0. The molecule has 296 valence electrons. The summed E-state index contributed by atoms with van der Waals surface area (Å²) < 4.78 is 6.05. The summed E-state index contributed by atoms with van der Waals surface area (Å²) in [5, 5.41) is 8.81. The first kappa shape index (κ1) is 48.7. The molecule has 4 heteroatoms. The third-order valence-electron chi connectivity index (χ3n) is 10.5. The van der Waals surface area contributed by atoms with Crippen LogP contribution in [0.15, 0.2) is 12.2 Å². The Morgan fingerprint density at radius 3 is 1.08 bits per heavy atom. The lowest BCUT2D eigenvalue weighted by Crippen LogP contribution is -2.18. The summed E-state index contributed by atoms with van der Waals surface area (Å²) in [6.45, 7) is 4.56. The molecule has 4 nitrogen and oxygen atoms in total. The first-order chi connectivity index (χ1) is 24.6. The first-order valence-electron chi connectivity index (χ1n) is 22.7. The van der Waals surface area contributed by atoms with Crippen LogP contribution in [-0.2, 0) is 14.3 Å². The third kappa shape index (κ3) is 41.1. The topological polar surface area (TPSA) is 63.6 Å². The Morgan fingerprint density at radius 1 is 0.420 bits per heavy atom. The number of esters is 1. The standard InChI is InChI=1S/C46H88O4/c1-3-5-7-9-11-13-15-17-18-19-20-21-22-23-25-27-29-35-39-43-46(49)50-44(41-37-33-30-31-34-38-42-45(47)48)40-36-32-28-26-24-16-14-12-10-8-6-4-2/h17-18,44H,3-16,19-43H2,1-2H3,(H,47,48)/b18-17-. The third-order valence-corrected chi connectivity index (χ3v) is 10.5. The van der Waals surface area contributed by atoms with Crippen molar-refractivity contribution < 1.29 is 19.4 Å². The quantitative estimate of drug-likeness (QED) is 0.0390. The van der Waals surface area contributed by atoms with E-state index in [4.69, 9.17) is 9.84 Å². The zero-order chi connectivity index (χ0) is 36.4. The molecule has 0 aromatic carbocycles. The minimum atomic E-state index is -0.689. The van der Waals surface area contributed by atoms with Crippen LogP contribution in [0.1, 0.15) is 264 Å². The smallest absolute Gasteiger partial charge is 0.306 e. The minimum absolute atomic E-state index is 0.0173. The number of aliphatic carboxylic acids is 1. The van der Waals surface area contributed by atoms with Crippen molar-refractivity contribution in [2.24, 2.45) is 0 Å². The van der Waals surface area contributed by atoms with E-state index in [1.807, 2.05) is 0 Å². The molecular weight excluding hydrogens is 617 g/mol. The van der Waals surface area contributed by atoms with Gasteiger partial charge in [-0.1, -0.05) is 199 Å². The van der Waals surface area contributed by atoms with Gasteiger partial charge in [0.15, 0.2) is 0 Å². The molecule has 0 radical (unpaired) electrons. The zero-order valence-electron chi connectivity index (χ0n) is 34.0. The van der Waals surface area contributed by atoms with Gasteiger partial charge in [-0.25, -0.2) is 0 Å². The molecule has 0 amide bonds. The van der Waals surface area contributed by atoms with Crippen LogP contribution in [0.5, 0.6) is 0 Å².